The number of hydrogen-bond acceptors (Lipinski definition) is 11. The van der Waals surface area contributed by atoms with Crippen LogP contribution in [-0.4, -0.2) is 68.1 Å². The van der Waals surface area contributed by atoms with Crippen molar-refractivity contribution >= 4 is 29.0 Å². The normalized spacial score (nSPS) is 14.4. The van der Waals surface area contributed by atoms with E-state index in [0.717, 1.165) is 11.1 Å². The SMILES string of the molecule is CC(=NNC(=O)c1c(CN2CCOCC2)nnn1-c1nonc1N)c1ccc(OCc2ccccc2Cl)cc1. The van der Waals surface area contributed by atoms with Gasteiger partial charge < -0.3 is 15.2 Å². The predicted molar refractivity (Wildman–Crippen MR) is 142 cm³/mol. The third kappa shape index (κ3) is 6.22. The molecule has 3 heterocycles. The molecule has 5 rings (SSSR count). The van der Waals surface area contributed by atoms with E-state index < -0.39 is 5.91 Å². The molecule has 0 unspecified atom stereocenters. The lowest BCUT2D eigenvalue weighted by molar-refractivity contribution is 0.0335. The van der Waals surface area contributed by atoms with Crippen LogP contribution in [0.15, 0.2) is 58.3 Å². The number of amides is 1. The second-order valence-corrected chi connectivity index (χ2v) is 9.11. The van der Waals surface area contributed by atoms with Crippen LogP contribution >= 0.6 is 11.6 Å². The van der Waals surface area contributed by atoms with Gasteiger partial charge in [0.1, 0.15) is 18.1 Å². The molecular weight excluding hydrogens is 526 g/mol. The molecule has 13 nitrogen and oxygen atoms in total. The minimum Gasteiger partial charge on any atom is -0.489 e. The minimum absolute atomic E-state index is 0.0246. The predicted octanol–water partition coefficient (Wildman–Crippen LogP) is 2.45. The molecule has 0 aliphatic carbocycles. The summed E-state index contributed by atoms with van der Waals surface area (Å²) < 4.78 is 17.1. The molecule has 14 heteroatoms. The molecule has 39 heavy (non-hydrogen) atoms. The Morgan fingerprint density at radius 3 is 2.64 bits per heavy atom. The number of benzene rings is 2. The van der Waals surface area contributed by atoms with E-state index >= 15 is 0 Å². The summed E-state index contributed by atoms with van der Waals surface area (Å²) >= 11 is 6.20. The zero-order valence-electron chi connectivity index (χ0n) is 21.1. The lowest BCUT2D eigenvalue weighted by atomic mass is 10.1. The van der Waals surface area contributed by atoms with Gasteiger partial charge in [-0.3, -0.25) is 9.69 Å². The van der Waals surface area contributed by atoms with E-state index in [0.29, 0.717) is 61.6 Å². The van der Waals surface area contributed by atoms with Crippen molar-refractivity contribution in [2.75, 3.05) is 32.0 Å². The van der Waals surface area contributed by atoms with Gasteiger partial charge in [-0.05, 0) is 53.1 Å². The van der Waals surface area contributed by atoms with E-state index in [9.17, 15) is 4.79 Å². The molecule has 1 aliphatic rings. The van der Waals surface area contributed by atoms with E-state index in [-0.39, 0.29) is 17.3 Å². The standard InChI is InChI=1S/C25H26ClN9O4/c1-16(17-6-8-19(9-7-17)38-15-18-4-2-3-5-20(18)26)28-30-25(36)22-21(14-34-10-12-37-13-11-34)29-33-35(22)24-23(27)31-39-32-24/h2-9H,10-15H2,1H3,(H2,27,31)(H,30,36). The monoisotopic (exact) mass is 551 g/mol. The van der Waals surface area contributed by atoms with Crippen molar-refractivity contribution in [3.8, 4) is 11.6 Å². The molecule has 0 spiro atoms. The summed E-state index contributed by atoms with van der Waals surface area (Å²) in [6.45, 7) is 5.13. The van der Waals surface area contributed by atoms with Crippen molar-refractivity contribution < 1.29 is 18.9 Å². The fourth-order valence-corrected chi connectivity index (χ4v) is 4.12. The van der Waals surface area contributed by atoms with Gasteiger partial charge in [0.2, 0.25) is 11.6 Å². The zero-order chi connectivity index (χ0) is 27.2. The highest BCUT2D eigenvalue weighted by atomic mass is 35.5. The summed E-state index contributed by atoms with van der Waals surface area (Å²) in [5.74, 6) is 0.180. The van der Waals surface area contributed by atoms with E-state index in [2.05, 4.69) is 36.1 Å². The highest BCUT2D eigenvalue weighted by Crippen LogP contribution is 2.20. The van der Waals surface area contributed by atoms with Crippen LogP contribution in [0, 0.1) is 0 Å². The number of nitrogens with zero attached hydrogens (tertiary/aromatic N) is 7. The molecule has 0 bridgehead atoms. The van der Waals surface area contributed by atoms with Crippen LogP contribution in [0.5, 0.6) is 5.75 Å². The number of ether oxygens (including phenoxy) is 2. The summed E-state index contributed by atoms with van der Waals surface area (Å²) in [6.07, 6.45) is 0. The highest BCUT2D eigenvalue weighted by Gasteiger charge is 2.26. The molecule has 1 fully saturated rings. The number of anilines is 1. The molecule has 2 aromatic carbocycles. The Bertz CT molecular complexity index is 1460. The highest BCUT2D eigenvalue weighted by molar-refractivity contribution is 6.31. The van der Waals surface area contributed by atoms with E-state index in [4.69, 9.17) is 31.4 Å². The molecule has 1 amide bonds. The molecular formula is C25H26ClN9O4. The van der Waals surface area contributed by atoms with Gasteiger partial charge in [-0.15, -0.1) is 5.10 Å². The number of hydrazone groups is 1. The molecule has 202 valence electrons. The average molecular weight is 552 g/mol. The van der Waals surface area contributed by atoms with Crippen LogP contribution in [-0.2, 0) is 17.9 Å². The number of aromatic nitrogens is 5. The lowest BCUT2D eigenvalue weighted by Crippen LogP contribution is -2.36. The van der Waals surface area contributed by atoms with Gasteiger partial charge in [0.15, 0.2) is 5.69 Å². The number of hydrogen-bond donors (Lipinski definition) is 2. The number of nitrogens with two attached hydrogens (primary N) is 1. The van der Waals surface area contributed by atoms with Crippen molar-refractivity contribution in [3.63, 3.8) is 0 Å². The molecule has 2 aromatic heterocycles. The van der Waals surface area contributed by atoms with Crippen LogP contribution in [0.3, 0.4) is 0 Å². The molecule has 0 saturated carbocycles. The van der Waals surface area contributed by atoms with Gasteiger partial charge in [0.05, 0.1) is 18.9 Å². The van der Waals surface area contributed by atoms with Crippen LogP contribution in [0.4, 0.5) is 5.82 Å². The quantitative estimate of drug-likeness (QED) is 0.234. The maximum Gasteiger partial charge on any atom is 0.292 e. The van der Waals surface area contributed by atoms with Crippen LogP contribution in [0.2, 0.25) is 5.02 Å². The minimum atomic E-state index is -0.537. The van der Waals surface area contributed by atoms with Crippen LogP contribution in [0.25, 0.3) is 5.82 Å². The first-order valence-corrected chi connectivity index (χ1v) is 12.5. The number of carbonyl (C=O) groups is 1. The molecule has 3 N–H and O–H groups in total. The van der Waals surface area contributed by atoms with Crippen LogP contribution < -0.4 is 15.9 Å². The number of carbonyl (C=O) groups excluding carboxylic acids is 1. The maximum absolute atomic E-state index is 13.3. The number of rotatable bonds is 9. The van der Waals surface area contributed by atoms with E-state index in [1.807, 2.05) is 48.5 Å². The first-order chi connectivity index (χ1) is 19.0. The van der Waals surface area contributed by atoms with Gasteiger partial charge in [-0.25, -0.2) is 10.1 Å². The Labute approximate surface area is 228 Å². The molecule has 1 saturated heterocycles. The van der Waals surface area contributed by atoms with Crippen molar-refractivity contribution in [1.29, 1.82) is 0 Å². The van der Waals surface area contributed by atoms with Crippen molar-refractivity contribution in [2.24, 2.45) is 5.10 Å². The third-order valence-corrected chi connectivity index (χ3v) is 6.45. The summed E-state index contributed by atoms with van der Waals surface area (Å²) in [5.41, 5.74) is 11.3. The van der Waals surface area contributed by atoms with Crippen LogP contribution in [0.1, 0.15) is 34.2 Å². The Balaban J connectivity index is 1.29. The fourth-order valence-electron chi connectivity index (χ4n) is 3.92. The largest absolute Gasteiger partial charge is 0.489 e. The Hall–Kier alpha value is -4.33. The summed E-state index contributed by atoms with van der Waals surface area (Å²) in [6, 6.07) is 14.9. The van der Waals surface area contributed by atoms with E-state index in [1.54, 1.807) is 6.92 Å². The van der Waals surface area contributed by atoms with Crippen molar-refractivity contribution in [2.45, 2.75) is 20.1 Å². The van der Waals surface area contributed by atoms with Gasteiger partial charge in [0.25, 0.3) is 5.91 Å². The summed E-state index contributed by atoms with van der Waals surface area (Å²) in [4.78, 5) is 15.4. The maximum atomic E-state index is 13.3. The smallest absolute Gasteiger partial charge is 0.292 e. The Morgan fingerprint density at radius 1 is 1.15 bits per heavy atom. The van der Waals surface area contributed by atoms with Gasteiger partial charge in [0, 0.05) is 30.2 Å². The number of nitrogen functional groups attached to an aromatic ring is 1. The second-order valence-electron chi connectivity index (χ2n) is 8.70. The average Bonchev–Trinajstić information content (AvgIpc) is 3.57. The molecule has 1 aliphatic heterocycles. The lowest BCUT2D eigenvalue weighted by Gasteiger charge is -2.25. The topological polar surface area (TPSA) is 159 Å². The fraction of sp³-hybridized carbons (Fsp3) is 0.280. The van der Waals surface area contributed by atoms with Crippen molar-refractivity contribution in [1.82, 2.24) is 35.6 Å². The number of halogens is 1. The summed E-state index contributed by atoms with van der Waals surface area (Å²) in [5, 5.41) is 20.6. The van der Waals surface area contributed by atoms with Gasteiger partial charge >= 0.3 is 0 Å². The number of morpholine rings is 1. The Morgan fingerprint density at radius 2 is 1.92 bits per heavy atom. The third-order valence-electron chi connectivity index (χ3n) is 6.08. The number of nitrogens with one attached hydrogen (secondary N) is 1. The Kier molecular flexibility index (Phi) is 8.10. The van der Waals surface area contributed by atoms with E-state index in [1.165, 1.54) is 4.68 Å². The second kappa shape index (κ2) is 12.0. The van der Waals surface area contributed by atoms with Crippen molar-refractivity contribution in [3.05, 3.63) is 76.1 Å². The molecule has 0 atom stereocenters. The summed E-state index contributed by atoms with van der Waals surface area (Å²) in [7, 11) is 0. The molecule has 4 aromatic rings. The van der Waals surface area contributed by atoms with Gasteiger partial charge in [-0.1, -0.05) is 35.0 Å². The van der Waals surface area contributed by atoms with Gasteiger partial charge in [-0.2, -0.15) is 9.78 Å². The molecule has 0 radical (unpaired) electrons. The first-order valence-electron chi connectivity index (χ1n) is 12.1. The zero-order valence-corrected chi connectivity index (χ0v) is 21.8. The first kappa shape index (κ1) is 26.3.